The Balaban J connectivity index is 1.29. The number of hydrogen-bond donors (Lipinski definition) is 2. The monoisotopic (exact) mass is 891 g/mol. The number of esters is 1. The van der Waals surface area contributed by atoms with Gasteiger partial charge in [0.1, 0.15) is 18.1 Å². The van der Waals surface area contributed by atoms with Gasteiger partial charge in [-0.1, -0.05) is 64.6 Å². The van der Waals surface area contributed by atoms with Crippen molar-refractivity contribution in [1.82, 2.24) is 35.1 Å². The van der Waals surface area contributed by atoms with E-state index in [2.05, 4.69) is 66.9 Å². The summed E-state index contributed by atoms with van der Waals surface area (Å²) in [4.78, 5) is 75.6. The maximum atomic E-state index is 15.9. The number of nitrogens with one attached hydrogen (secondary N) is 2. The number of hydrazine groups is 1. The Kier molecular flexibility index (Phi) is 13.7. The summed E-state index contributed by atoms with van der Waals surface area (Å²) in [6.07, 6.45) is 4.14. The molecule has 4 amide bonds. The van der Waals surface area contributed by atoms with Crippen LogP contribution in [0.4, 0.5) is 4.39 Å². The Bertz CT molecular complexity index is 2490. The fourth-order valence-corrected chi connectivity index (χ4v) is 9.59. The van der Waals surface area contributed by atoms with E-state index >= 15 is 4.39 Å². The van der Waals surface area contributed by atoms with Crippen molar-refractivity contribution in [3.05, 3.63) is 90.3 Å². The number of benzene rings is 2. The van der Waals surface area contributed by atoms with Gasteiger partial charge in [0, 0.05) is 61.7 Å². The zero-order valence-electron chi connectivity index (χ0n) is 38.8. The number of carbonyl (C=O) groups is 5. The number of carbonyl (C=O) groups excluding carboxylic acids is 5. The van der Waals surface area contributed by atoms with E-state index in [-0.39, 0.29) is 25.7 Å². The van der Waals surface area contributed by atoms with Gasteiger partial charge in [0.05, 0.1) is 37.2 Å². The number of nitrogens with zero attached hydrogens (tertiary/aromatic N) is 5. The van der Waals surface area contributed by atoms with Gasteiger partial charge in [0.15, 0.2) is 0 Å². The summed E-state index contributed by atoms with van der Waals surface area (Å²) in [5.74, 6) is -3.52. The maximum absolute atomic E-state index is 15.9. The molecule has 5 heterocycles. The summed E-state index contributed by atoms with van der Waals surface area (Å²) in [5, 5.41) is 5.36. The van der Waals surface area contributed by atoms with Crippen molar-refractivity contribution in [2.75, 3.05) is 40.4 Å². The second kappa shape index (κ2) is 18.9. The molecule has 2 saturated heterocycles. The number of amides is 4. The van der Waals surface area contributed by atoms with E-state index in [1.54, 1.807) is 27.2 Å². The number of alkyl halides is 1. The van der Waals surface area contributed by atoms with Crippen LogP contribution in [0.5, 0.6) is 0 Å². The summed E-state index contributed by atoms with van der Waals surface area (Å²) in [7, 11) is 3.04. The normalized spacial score (nSPS) is 20.6. The molecule has 2 aromatic heterocycles. The van der Waals surface area contributed by atoms with Crippen LogP contribution < -0.4 is 10.7 Å². The number of likely N-dealkylation sites (N-methyl/N-ethyl adjacent to an activating group) is 1. The number of fused-ring (bicyclic) bond motifs is 6. The average Bonchev–Trinajstić information content (AvgIpc) is 3.59. The van der Waals surface area contributed by atoms with Gasteiger partial charge in [-0.15, -0.1) is 0 Å². The Morgan fingerprint density at radius 3 is 2.52 bits per heavy atom. The molecule has 6 bridgehead atoms. The first-order valence-corrected chi connectivity index (χ1v) is 22.5. The molecule has 15 heteroatoms. The standard InChI is InChI=1S/C50H62FN7O7/c1-10-41(59)56-27-50(51,28-56)48(63)55(8)43(30(3)4)45(60)53-39-24-32-15-12-16-33(23-32)34-19-20-40-36(25-34)37(44(57(40)11-2)35-17-13-21-52-42(35)31(5)64-9)26-49(6,7)29-65-47(62)38-18-14-22-58(54-38)46(39)61/h10,12-13,15-17,19-21,23,25,30-31,38-39,43,54H,1,11,14,18,22,24,26-29H2,2-9H3,(H,53,60)/t31-,38-,39?,43-/m0/s1. The van der Waals surface area contributed by atoms with E-state index in [9.17, 15) is 24.0 Å². The molecule has 7 rings (SSSR count). The molecule has 0 radical (unpaired) electrons. The zero-order valence-corrected chi connectivity index (χ0v) is 38.8. The second-order valence-electron chi connectivity index (χ2n) is 18.8. The predicted molar refractivity (Wildman–Crippen MR) is 246 cm³/mol. The Morgan fingerprint density at radius 1 is 1.09 bits per heavy atom. The molecule has 2 aromatic carbocycles. The highest BCUT2D eigenvalue weighted by atomic mass is 19.1. The largest absolute Gasteiger partial charge is 0.464 e. The van der Waals surface area contributed by atoms with Gasteiger partial charge in [0.2, 0.25) is 17.5 Å². The third-order valence-corrected chi connectivity index (χ3v) is 13.0. The topological polar surface area (TPSA) is 155 Å². The minimum absolute atomic E-state index is 0.0688. The number of halogens is 1. The van der Waals surface area contributed by atoms with Gasteiger partial charge in [-0.25, -0.2) is 9.82 Å². The lowest BCUT2D eigenvalue weighted by molar-refractivity contribution is -0.165. The number of cyclic esters (lactones) is 1. The Morgan fingerprint density at radius 2 is 1.83 bits per heavy atom. The van der Waals surface area contributed by atoms with Crippen molar-refractivity contribution in [1.29, 1.82) is 0 Å². The van der Waals surface area contributed by atoms with Gasteiger partial charge in [-0.05, 0) is 91.6 Å². The SMILES string of the molecule is C=CC(=O)N1CC(F)(C(=O)N(C)[C@H](C(=O)NC2Cc3cccc(c3)-c3ccc4c(c3)c(c(-c3cccnc3[C@H](C)OC)n4CC)CC(C)(C)COC(=O)[C@@H]3CCCN(N3)C2=O)C(C)C)C1. The van der Waals surface area contributed by atoms with E-state index in [0.717, 1.165) is 61.1 Å². The first-order chi connectivity index (χ1) is 30.9. The molecule has 1 unspecified atom stereocenters. The highest BCUT2D eigenvalue weighted by Gasteiger charge is 2.54. The van der Waals surface area contributed by atoms with Gasteiger partial charge in [-0.3, -0.25) is 34.0 Å². The number of aromatic nitrogens is 2. The van der Waals surface area contributed by atoms with Crippen LogP contribution in [0.25, 0.3) is 33.3 Å². The van der Waals surface area contributed by atoms with Crippen molar-refractivity contribution in [3.8, 4) is 22.4 Å². The molecular formula is C50H62FN7O7. The molecule has 4 aromatic rings. The number of ether oxygens (including phenoxy) is 2. The van der Waals surface area contributed by atoms with Crippen LogP contribution in [0, 0.1) is 11.3 Å². The average molecular weight is 892 g/mol. The molecule has 3 aliphatic rings. The lowest BCUT2D eigenvalue weighted by Crippen LogP contribution is -2.69. The molecule has 0 saturated carbocycles. The number of pyridine rings is 1. The van der Waals surface area contributed by atoms with Crippen molar-refractivity contribution < 1.29 is 37.8 Å². The van der Waals surface area contributed by atoms with Crippen molar-refractivity contribution >= 4 is 40.5 Å². The van der Waals surface area contributed by atoms with E-state index in [0.29, 0.717) is 25.8 Å². The number of aryl methyl sites for hydroxylation is 1. The van der Waals surface area contributed by atoms with E-state index in [1.165, 1.54) is 17.0 Å². The first kappa shape index (κ1) is 47.0. The molecular weight excluding hydrogens is 830 g/mol. The van der Waals surface area contributed by atoms with Crippen LogP contribution in [-0.4, -0.2) is 118 Å². The van der Waals surface area contributed by atoms with E-state index in [1.807, 2.05) is 37.3 Å². The van der Waals surface area contributed by atoms with Crippen molar-refractivity contribution in [3.63, 3.8) is 0 Å². The smallest absolute Gasteiger partial charge is 0.324 e. The summed E-state index contributed by atoms with van der Waals surface area (Å²) >= 11 is 0. The molecule has 14 nitrogen and oxygen atoms in total. The summed E-state index contributed by atoms with van der Waals surface area (Å²) in [5.41, 5.74) is 7.76. The summed E-state index contributed by atoms with van der Waals surface area (Å²) < 4.78 is 30.1. The molecule has 2 fully saturated rings. The van der Waals surface area contributed by atoms with Crippen LogP contribution in [0.15, 0.2) is 73.4 Å². The third kappa shape index (κ3) is 9.44. The molecule has 0 spiro atoms. The van der Waals surface area contributed by atoms with Crippen LogP contribution in [0.1, 0.15) is 77.3 Å². The fraction of sp³-hybridized carbons (Fsp3) is 0.480. The predicted octanol–water partition coefficient (Wildman–Crippen LogP) is 5.97. The highest BCUT2D eigenvalue weighted by Crippen LogP contribution is 2.42. The van der Waals surface area contributed by atoms with Crippen LogP contribution in [0.2, 0.25) is 0 Å². The van der Waals surface area contributed by atoms with Gasteiger partial charge >= 0.3 is 5.97 Å². The zero-order chi connectivity index (χ0) is 47.0. The molecule has 3 aliphatic heterocycles. The summed E-state index contributed by atoms with van der Waals surface area (Å²) in [6, 6.07) is 15.1. The number of hydrogen-bond acceptors (Lipinski definition) is 9. The minimum Gasteiger partial charge on any atom is -0.464 e. The molecule has 346 valence electrons. The highest BCUT2D eigenvalue weighted by molar-refractivity contribution is 5.98. The van der Waals surface area contributed by atoms with Gasteiger partial charge in [0.25, 0.3) is 11.8 Å². The first-order valence-electron chi connectivity index (χ1n) is 22.5. The minimum atomic E-state index is -2.37. The van der Waals surface area contributed by atoms with Gasteiger partial charge in [-0.2, -0.15) is 0 Å². The Hall–Kier alpha value is -5.93. The van der Waals surface area contributed by atoms with Crippen LogP contribution >= 0.6 is 0 Å². The van der Waals surface area contributed by atoms with E-state index < -0.39 is 77.8 Å². The number of rotatable bonds is 10. The summed E-state index contributed by atoms with van der Waals surface area (Å²) in [6.45, 7) is 15.3. The lowest BCUT2D eigenvalue weighted by atomic mass is 9.84. The van der Waals surface area contributed by atoms with E-state index in [4.69, 9.17) is 14.5 Å². The fourth-order valence-electron chi connectivity index (χ4n) is 9.59. The molecule has 65 heavy (non-hydrogen) atoms. The van der Waals surface area contributed by atoms with Crippen molar-refractivity contribution in [2.45, 2.75) is 104 Å². The second-order valence-corrected chi connectivity index (χ2v) is 18.8. The number of methoxy groups -OCH3 is 1. The molecule has 0 aliphatic carbocycles. The van der Waals surface area contributed by atoms with Gasteiger partial charge < -0.3 is 29.2 Å². The quantitative estimate of drug-likeness (QED) is 0.145. The Labute approximate surface area is 380 Å². The maximum Gasteiger partial charge on any atom is 0.324 e. The third-order valence-electron chi connectivity index (χ3n) is 13.0. The van der Waals surface area contributed by atoms with Crippen molar-refractivity contribution in [2.24, 2.45) is 11.3 Å². The molecule has 4 atom stereocenters. The van der Waals surface area contributed by atoms with Crippen LogP contribution in [-0.2, 0) is 52.8 Å². The number of likely N-dealkylation sites (tertiary alicyclic amines) is 1. The van der Waals surface area contributed by atoms with Crippen LogP contribution in [0.3, 0.4) is 0 Å². The lowest BCUT2D eigenvalue weighted by Gasteiger charge is -2.45. The molecule has 2 N–H and O–H groups in total.